The van der Waals surface area contributed by atoms with Crippen LogP contribution >= 0.6 is 0 Å². The van der Waals surface area contributed by atoms with Gasteiger partial charge in [0.15, 0.2) is 0 Å². The summed E-state index contributed by atoms with van der Waals surface area (Å²) in [7, 11) is -4.12. The lowest BCUT2D eigenvalue weighted by atomic mass is 10.2. The van der Waals surface area contributed by atoms with Crippen molar-refractivity contribution in [2.45, 2.75) is 11.4 Å². The fraction of sp³-hybridized carbons (Fsp3) is 0.133. The lowest BCUT2D eigenvalue weighted by Gasteiger charge is -2.32. The molecule has 21 heavy (non-hydrogen) atoms. The van der Waals surface area contributed by atoms with Crippen LogP contribution in [0.1, 0.15) is 5.56 Å². The first-order valence-electron chi connectivity index (χ1n) is 6.40. The Bertz CT molecular complexity index is 705. The molecule has 0 aromatic heterocycles. The maximum absolute atomic E-state index is 12.9. The van der Waals surface area contributed by atoms with Crippen LogP contribution < -0.4 is 16.2 Å². The van der Waals surface area contributed by atoms with Gasteiger partial charge in [0, 0.05) is 32.6 Å². The molecule has 0 bridgehead atoms. The van der Waals surface area contributed by atoms with Gasteiger partial charge in [-0.1, -0.05) is 30.3 Å². The van der Waals surface area contributed by atoms with Crippen LogP contribution in [0.15, 0.2) is 59.5 Å². The number of hydrogen-bond donors (Lipinski definition) is 3. The number of nitrogens with one attached hydrogen (secondary N) is 1. The van der Waals surface area contributed by atoms with Crippen molar-refractivity contribution in [3.63, 3.8) is 0 Å². The standard InChI is InChI=1S/C15H19N3O2S/c1-21(17,20,14-9-7-13(16)8-10-14)15(19)18-11-12-5-3-2-4-6-12/h2-10H,11,16H2,1H3,(H2,17,20)(H,18,19). The predicted octanol–water partition coefficient (Wildman–Crippen LogP) is 1.86. The van der Waals surface area contributed by atoms with Crippen molar-refractivity contribution in [3.05, 3.63) is 60.2 Å². The van der Waals surface area contributed by atoms with Crippen LogP contribution in [-0.4, -0.2) is 15.7 Å². The largest absolute Gasteiger partial charge is 0.399 e. The first kappa shape index (κ1) is 15.2. The molecule has 2 aromatic rings. The summed E-state index contributed by atoms with van der Waals surface area (Å²) in [6.07, 6.45) is 1.27. The molecule has 0 saturated heterocycles. The van der Waals surface area contributed by atoms with Gasteiger partial charge in [0.25, 0.3) is 0 Å². The molecule has 0 atom stereocenters. The molecule has 1 amide bonds. The number of benzene rings is 2. The van der Waals surface area contributed by atoms with E-state index in [9.17, 15) is 9.00 Å². The Kier molecular flexibility index (Phi) is 3.85. The maximum atomic E-state index is 12.9. The quantitative estimate of drug-likeness (QED) is 0.755. The van der Waals surface area contributed by atoms with Gasteiger partial charge in [0.05, 0.1) is 0 Å². The lowest BCUT2D eigenvalue weighted by Crippen LogP contribution is -2.53. The third kappa shape index (κ3) is 3.29. The summed E-state index contributed by atoms with van der Waals surface area (Å²) >= 11 is 0. The summed E-state index contributed by atoms with van der Waals surface area (Å²) < 4.78 is 12.9. The Morgan fingerprint density at radius 2 is 1.67 bits per heavy atom. The van der Waals surface area contributed by atoms with Crippen molar-refractivity contribution in [1.29, 1.82) is 0 Å². The number of amides is 1. The van der Waals surface area contributed by atoms with Crippen molar-refractivity contribution in [3.8, 4) is 0 Å². The van der Waals surface area contributed by atoms with Crippen molar-refractivity contribution in [1.82, 2.24) is 5.32 Å². The topological polar surface area (TPSA) is 98.2 Å². The Morgan fingerprint density at radius 3 is 2.24 bits per heavy atom. The molecule has 112 valence electrons. The van der Waals surface area contributed by atoms with Gasteiger partial charge in [0.1, 0.15) is 0 Å². The predicted molar refractivity (Wildman–Crippen MR) is 86.1 cm³/mol. The monoisotopic (exact) mass is 305 g/mol. The van der Waals surface area contributed by atoms with E-state index < -0.39 is 14.5 Å². The first-order valence-corrected chi connectivity index (χ1v) is 8.84. The lowest BCUT2D eigenvalue weighted by molar-refractivity contribution is 0.258. The number of nitrogens with two attached hydrogens (primary N) is 2. The molecule has 2 rings (SSSR count). The number of nitrogen functional groups attached to an aromatic ring is 1. The summed E-state index contributed by atoms with van der Waals surface area (Å²) in [5.41, 5.74) is 7.02. The molecule has 2 aromatic carbocycles. The van der Waals surface area contributed by atoms with Gasteiger partial charge in [-0.3, -0.25) is 14.1 Å². The summed E-state index contributed by atoms with van der Waals surface area (Å²) in [6.45, 7) is 0.272. The van der Waals surface area contributed by atoms with Gasteiger partial charge in [-0.15, -0.1) is 0 Å². The van der Waals surface area contributed by atoms with E-state index in [-0.39, 0.29) is 11.4 Å². The molecule has 0 spiro atoms. The van der Waals surface area contributed by atoms with E-state index in [0.717, 1.165) is 5.56 Å². The van der Waals surface area contributed by atoms with E-state index in [1.165, 1.54) is 18.4 Å². The number of hydrogen-bond acceptors (Lipinski definition) is 3. The Hall–Kier alpha value is -2.18. The molecule has 5 N–H and O–H groups in total. The van der Waals surface area contributed by atoms with E-state index in [1.54, 1.807) is 12.1 Å². The van der Waals surface area contributed by atoms with Crippen LogP contribution in [0, 0.1) is 0 Å². The number of carbonyl (C=O) groups excluding carboxylic acids is 1. The van der Waals surface area contributed by atoms with Gasteiger partial charge in [-0.2, -0.15) is 0 Å². The minimum Gasteiger partial charge on any atom is -0.399 e. The molecule has 6 heteroatoms. The molecule has 5 nitrogen and oxygen atoms in total. The number of carbonyl (C=O) groups is 1. The fourth-order valence-corrected chi connectivity index (χ4v) is 3.32. The van der Waals surface area contributed by atoms with Crippen LogP contribution in [0.5, 0.6) is 0 Å². The van der Waals surface area contributed by atoms with E-state index in [0.29, 0.717) is 5.69 Å². The van der Waals surface area contributed by atoms with E-state index >= 15 is 0 Å². The minimum atomic E-state index is -4.12. The second-order valence-electron chi connectivity index (χ2n) is 5.11. The second kappa shape index (κ2) is 5.31. The molecular formula is C15H19N3O2S. The van der Waals surface area contributed by atoms with Crippen molar-refractivity contribution in [2.24, 2.45) is 5.14 Å². The zero-order valence-corrected chi connectivity index (χ0v) is 12.6. The van der Waals surface area contributed by atoms with Crippen LogP contribution in [0.2, 0.25) is 0 Å². The third-order valence-corrected chi connectivity index (χ3v) is 5.72. The highest BCUT2D eigenvalue weighted by molar-refractivity contribution is 8.29. The summed E-state index contributed by atoms with van der Waals surface area (Å²) in [6, 6.07) is 15.5. The van der Waals surface area contributed by atoms with Gasteiger partial charge >= 0.3 is 5.24 Å². The highest BCUT2D eigenvalue weighted by Gasteiger charge is 2.37. The van der Waals surface area contributed by atoms with Crippen LogP contribution in [0.3, 0.4) is 0 Å². The molecule has 0 aliphatic heterocycles. The van der Waals surface area contributed by atoms with Gasteiger partial charge in [0.2, 0.25) is 0 Å². The van der Waals surface area contributed by atoms with Gasteiger partial charge in [-0.05, 0) is 29.8 Å². The molecule has 0 aliphatic rings. The Labute approximate surface area is 123 Å². The summed E-state index contributed by atoms with van der Waals surface area (Å²) in [4.78, 5) is 12.6. The summed E-state index contributed by atoms with van der Waals surface area (Å²) in [5, 5.41) is 7.89. The van der Waals surface area contributed by atoms with Crippen molar-refractivity contribution < 1.29 is 9.00 Å². The normalized spacial score (nSPS) is 13.1. The number of rotatable bonds is 3. The SMILES string of the molecule is CS(N)(=O)(C(=O)NCc1ccccc1)c1ccc(N)cc1. The van der Waals surface area contributed by atoms with Crippen molar-refractivity contribution in [2.75, 3.05) is 12.0 Å². The Morgan fingerprint density at radius 1 is 1.10 bits per heavy atom. The highest BCUT2D eigenvalue weighted by Crippen LogP contribution is 2.27. The van der Waals surface area contributed by atoms with E-state index in [4.69, 9.17) is 10.9 Å². The van der Waals surface area contributed by atoms with Crippen LogP contribution in [0.25, 0.3) is 0 Å². The third-order valence-electron chi connectivity index (χ3n) is 3.21. The smallest absolute Gasteiger partial charge is 0.304 e. The van der Waals surface area contributed by atoms with Crippen molar-refractivity contribution >= 4 is 20.2 Å². The molecule has 0 aliphatic carbocycles. The molecule has 0 heterocycles. The molecule has 0 fully saturated rings. The average molecular weight is 305 g/mol. The molecule has 0 saturated carbocycles. The van der Waals surface area contributed by atoms with Gasteiger partial charge < -0.3 is 11.1 Å². The van der Waals surface area contributed by atoms with Crippen LogP contribution in [0.4, 0.5) is 10.5 Å². The highest BCUT2D eigenvalue weighted by atomic mass is 32.3. The second-order valence-corrected chi connectivity index (χ2v) is 8.77. The van der Waals surface area contributed by atoms with Gasteiger partial charge in [-0.25, -0.2) is 0 Å². The maximum Gasteiger partial charge on any atom is 0.304 e. The van der Waals surface area contributed by atoms with E-state index in [1.807, 2.05) is 30.3 Å². The molecule has 0 radical (unpaired) electrons. The molecular weight excluding hydrogens is 286 g/mol. The van der Waals surface area contributed by atoms with E-state index in [2.05, 4.69) is 5.32 Å². The Balaban J connectivity index is 2.19. The minimum absolute atomic E-state index is 0.270. The molecule has 0 unspecified atom stereocenters. The average Bonchev–Trinajstić information content (AvgIpc) is 2.45. The summed E-state index contributed by atoms with van der Waals surface area (Å²) in [5.74, 6) is 0. The number of anilines is 1. The fourth-order valence-electron chi connectivity index (χ4n) is 1.86. The first-order chi connectivity index (χ1) is 9.78. The zero-order valence-electron chi connectivity index (χ0n) is 11.8. The van der Waals surface area contributed by atoms with Crippen LogP contribution in [-0.2, 0) is 15.8 Å². The zero-order chi connectivity index (χ0) is 15.5.